The van der Waals surface area contributed by atoms with Crippen molar-refractivity contribution in [1.29, 1.82) is 0 Å². The van der Waals surface area contributed by atoms with Gasteiger partial charge in [0.05, 0.1) is 5.92 Å². The van der Waals surface area contributed by atoms with Gasteiger partial charge >= 0.3 is 0 Å². The SMILES string of the molecule is CN1CC(C(=O)N(CCCN)Cc2ccccc2)CC1=O. The lowest BCUT2D eigenvalue weighted by molar-refractivity contribution is -0.136. The fraction of sp³-hybridized carbons (Fsp3) is 0.500. The maximum atomic E-state index is 12.7. The topological polar surface area (TPSA) is 66.6 Å². The van der Waals surface area contributed by atoms with Crippen molar-refractivity contribution >= 4 is 11.8 Å². The first kappa shape index (κ1) is 15.5. The van der Waals surface area contributed by atoms with Gasteiger partial charge in [-0.1, -0.05) is 30.3 Å². The summed E-state index contributed by atoms with van der Waals surface area (Å²) in [6, 6.07) is 9.91. The molecule has 1 aromatic rings. The largest absolute Gasteiger partial charge is 0.345 e. The predicted molar refractivity (Wildman–Crippen MR) is 81.3 cm³/mol. The number of rotatable bonds is 6. The molecule has 114 valence electrons. The van der Waals surface area contributed by atoms with Gasteiger partial charge in [-0.05, 0) is 18.5 Å². The second kappa shape index (κ2) is 7.22. The molecule has 2 rings (SSSR count). The smallest absolute Gasteiger partial charge is 0.228 e. The van der Waals surface area contributed by atoms with Crippen molar-refractivity contribution in [1.82, 2.24) is 9.80 Å². The number of likely N-dealkylation sites (tertiary alicyclic amines) is 1. The van der Waals surface area contributed by atoms with Crippen molar-refractivity contribution in [2.45, 2.75) is 19.4 Å². The number of nitrogens with zero attached hydrogens (tertiary/aromatic N) is 2. The molecule has 0 aliphatic carbocycles. The first-order valence-corrected chi connectivity index (χ1v) is 7.38. The summed E-state index contributed by atoms with van der Waals surface area (Å²) >= 11 is 0. The van der Waals surface area contributed by atoms with Gasteiger partial charge < -0.3 is 15.5 Å². The summed E-state index contributed by atoms with van der Waals surface area (Å²) in [6.07, 6.45) is 1.10. The van der Waals surface area contributed by atoms with Crippen LogP contribution in [0.5, 0.6) is 0 Å². The number of benzene rings is 1. The van der Waals surface area contributed by atoms with Crippen LogP contribution in [0, 0.1) is 5.92 Å². The summed E-state index contributed by atoms with van der Waals surface area (Å²) in [5, 5.41) is 0. The Morgan fingerprint density at radius 3 is 2.67 bits per heavy atom. The van der Waals surface area contributed by atoms with Crippen LogP contribution in [0.25, 0.3) is 0 Å². The molecule has 1 saturated heterocycles. The van der Waals surface area contributed by atoms with Crippen molar-refractivity contribution < 1.29 is 9.59 Å². The van der Waals surface area contributed by atoms with Gasteiger partial charge in [0.2, 0.25) is 11.8 Å². The Hall–Kier alpha value is -1.88. The molecule has 2 N–H and O–H groups in total. The fourth-order valence-electron chi connectivity index (χ4n) is 2.64. The highest BCUT2D eigenvalue weighted by Crippen LogP contribution is 2.20. The van der Waals surface area contributed by atoms with Crippen LogP contribution in [0.15, 0.2) is 30.3 Å². The molecule has 1 aliphatic rings. The molecule has 21 heavy (non-hydrogen) atoms. The number of amides is 2. The van der Waals surface area contributed by atoms with E-state index in [0.717, 1.165) is 12.0 Å². The van der Waals surface area contributed by atoms with Crippen molar-refractivity contribution in [3.05, 3.63) is 35.9 Å². The maximum Gasteiger partial charge on any atom is 0.228 e. The minimum atomic E-state index is -0.219. The average Bonchev–Trinajstić information content (AvgIpc) is 2.83. The molecule has 1 aromatic carbocycles. The zero-order valence-electron chi connectivity index (χ0n) is 12.5. The Labute approximate surface area is 125 Å². The van der Waals surface area contributed by atoms with E-state index in [4.69, 9.17) is 5.73 Å². The Bertz CT molecular complexity index is 490. The number of carbonyl (C=O) groups excluding carboxylic acids is 2. The molecule has 0 spiro atoms. The molecule has 1 heterocycles. The zero-order chi connectivity index (χ0) is 15.2. The minimum Gasteiger partial charge on any atom is -0.345 e. The highest BCUT2D eigenvalue weighted by Gasteiger charge is 2.34. The summed E-state index contributed by atoms with van der Waals surface area (Å²) in [7, 11) is 1.75. The van der Waals surface area contributed by atoms with Crippen LogP contribution in [0.2, 0.25) is 0 Å². The predicted octanol–water partition coefficient (Wildman–Crippen LogP) is 0.842. The standard InChI is InChI=1S/C16H23N3O2/c1-18-12-14(10-15(18)20)16(21)19(9-5-8-17)11-13-6-3-2-4-7-13/h2-4,6-7,14H,5,8-12,17H2,1H3. The van der Waals surface area contributed by atoms with Crippen molar-refractivity contribution in [3.63, 3.8) is 0 Å². The van der Waals surface area contributed by atoms with E-state index in [0.29, 0.717) is 32.6 Å². The van der Waals surface area contributed by atoms with Gasteiger partial charge in [0.25, 0.3) is 0 Å². The van der Waals surface area contributed by atoms with Gasteiger partial charge in [-0.15, -0.1) is 0 Å². The monoisotopic (exact) mass is 289 g/mol. The third kappa shape index (κ3) is 4.04. The molecule has 0 bridgehead atoms. The molecule has 2 amide bonds. The van der Waals surface area contributed by atoms with E-state index >= 15 is 0 Å². The van der Waals surface area contributed by atoms with E-state index in [-0.39, 0.29) is 17.7 Å². The summed E-state index contributed by atoms with van der Waals surface area (Å²) in [5.41, 5.74) is 6.67. The molecule has 5 heteroatoms. The minimum absolute atomic E-state index is 0.0480. The quantitative estimate of drug-likeness (QED) is 0.844. The van der Waals surface area contributed by atoms with Gasteiger partial charge in [0.15, 0.2) is 0 Å². The Kier molecular flexibility index (Phi) is 5.33. The summed E-state index contributed by atoms with van der Waals surface area (Å²) in [5.74, 6) is -0.110. The lowest BCUT2D eigenvalue weighted by Crippen LogP contribution is -2.38. The van der Waals surface area contributed by atoms with E-state index in [1.165, 1.54) is 0 Å². The number of hydrogen-bond donors (Lipinski definition) is 1. The first-order chi connectivity index (χ1) is 10.1. The summed E-state index contributed by atoms with van der Waals surface area (Å²) in [6.45, 7) is 2.29. The molecule has 1 atom stereocenters. The molecular formula is C16H23N3O2. The molecule has 5 nitrogen and oxygen atoms in total. The summed E-state index contributed by atoms with van der Waals surface area (Å²) in [4.78, 5) is 27.7. The highest BCUT2D eigenvalue weighted by atomic mass is 16.2. The fourth-order valence-corrected chi connectivity index (χ4v) is 2.64. The van der Waals surface area contributed by atoms with Gasteiger partial charge in [0.1, 0.15) is 0 Å². The van der Waals surface area contributed by atoms with Crippen molar-refractivity contribution in [2.75, 3.05) is 26.7 Å². The van der Waals surface area contributed by atoms with Crippen LogP contribution in [-0.2, 0) is 16.1 Å². The third-order valence-corrected chi connectivity index (χ3v) is 3.85. The Morgan fingerprint density at radius 2 is 2.10 bits per heavy atom. The molecule has 0 aromatic heterocycles. The van der Waals surface area contributed by atoms with Crippen molar-refractivity contribution in [3.8, 4) is 0 Å². The average molecular weight is 289 g/mol. The Balaban J connectivity index is 2.04. The number of nitrogens with two attached hydrogens (primary N) is 1. The molecule has 1 aliphatic heterocycles. The zero-order valence-corrected chi connectivity index (χ0v) is 12.5. The molecule has 1 fully saturated rings. The normalized spacial score (nSPS) is 18.1. The lowest BCUT2D eigenvalue weighted by atomic mass is 10.1. The van der Waals surface area contributed by atoms with E-state index in [1.807, 2.05) is 35.2 Å². The summed E-state index contributed by atoms with van der Waals surface area (Å²) < 4.78 is 0. The third-order valence-electron chi connectivity index (χ3n) is 3.85. The first-order valence-electron chi connectivity index (χ1n) is 7.38. The van der Waals surface area contributed by atoms with Crippen molar-refractivity contribution in [2.24, 2.45) is 11.7 Å². The molecule has 0 radical (unpaired) electrons. The van der Waals surface area contributed by atoms with Crippen LogP contribution in [0.3, 0.4) is 0 Å². The van der Waals surface area contributed by atoms with E-state index in [2.05, 4.69) is 0 Å². The van der Waals surface area contributed by atoms with Crippen LogP contribution < -0.4 is 5.73 Å². The second-order valence-electron chi connectivity index (χ2n) is 5.56. The Morgan fingerprint density at radius 1 is 1.38 bits per heavy atom. The van der Waals surface area contributed by atoms with Gasteiger partial charge in [0, 0.05) is 33.1 Å². The second-order valence-corrected chi connectivity index (χ2v) is 5.56. The van der Waals surface area contributed by atoms with Gasteiger partial charge in [-0.2, -0.15) is 0 Å². The van der Waals surface area contributed by atoms with E-state index < -0.39 is 0 Å². The van der Waals surface area contributed by atoms with Crippen LogP contribution in [0.4, 0.5) is 0 Å². The van der Waals surface area contributed by atoms with Crippen LogP contribution >= 0.6 is 0 Å². The van der Waals surface area contributed by atoms with E-state index in [1.54, 1.807) is 11.9 Å². The highest BCUT2D eigenvalue weighted by molar-refractivity contribution is 5.89. The van der Waals surface area contributed by atoms with Crippen LogP contribution in [0.1, 0.15) is 18.4 Å². The molecule has 1 unspecified atom stereocenters. The lowest BCUT2D eigenvalue weighted by Gasteiger charge is -2.25. The molecule has 0 saturated carbocycles. The van der Waals surface area contributed by atoms with Crippen LogP contribution in [-0.4, -0.2) is 48.3 Å². The van der Waals surface area contributed by atoms with Gasteiger partial charge in [-0.25, -0.2) is 0 Å². The van der Waals surface area contributed by atoms with E-state index in [9.17, 15) is 9.59 Å². The molecular weight excluding hydrogens is 266 g/mol. The number of carbonyl (C=O) groups is 2. The van der Waals surface area contributed by atoms with Gasteiger partial charge in [-0.3, -0.25) is 9.59 Å². The number of hydrogen-bond acceptors (Lipinski definition) is 3. The maximum absolute atomic E-state index is 12.7.